The average molecular weight is 690 g/mol. The van der Waals surface area contributed by atoms with E-state index in [4.69, 9.17) is 27.1 Å². The SMILES string of the molecule is CC(C)(C)OC(=O)N1CCC(N2CC3(CCN(c4nc(-c5ccc(C(=O)Nc6cc(Cl)ccn6)cc5F)c5c(N)nccn45)CC3)C2)CC1. The maximum absolute atomic E-state index is 15.7. The maximum Gasteiger partial charge on any atom is 0.410 e. The van der Waals surface area contributed by atoms with E-state index in [2.05, 4.69) is 25.1 Å². The number of benzene rings is 1. The van der Waals surface area contributed by atoms with E-state index in [1.807, 2.05) is 30.1 Å². The van der Waals surface area contributed by atoms with Crippen LogP contribution in [0.3, 0.4) is 0 Å². The first-order chi connectivity index (χ1) is 23.4. The molecule has 7 rings (SSSR count). The second kappa shape index (κ2) is 12.8. The number of ether oxygens (including phenoxy) is 1. The molecule has 3 aromatic heterocycles. The van der Waals surface area contributed by atoms with Crippen molar-refractivity contribution in [2.45, 2.75) is 58.1 Å². The summed E-state index contributed by atoms with van der Waals surface area (Å²) in [6.45, 7) is 10.9. The molecular formula is C35H41ClFN9O3. The fourth-order valence-corrected chi connectivity index (χ4v) is 7.44. The number of nitrogens with two attached hydrogens (primary N) is 1. The number of nitrogens with zero attached hydrogens (tertiary/aromatic N) is 7. The summed E-state index contributed by atoms with van der Waals surface area (Å²) in [6.07, 6.45) is 8.63. The van der Waals surface area contributed by atoms with Crippen LogP contribution in [0.25, 0.3) is 16.8 Å². The first-order valence-electron chi connectivity index (χ1n) is 16.7. The molecule has 0 bridgehead atoms. The Labute approximate surface area is 289 Å². The maximum atomic E-state index is 15.7. The van der Waals surface area contributed by atoms with Crippen molar-refractivity contribution in [3.63, 3.8) is 0 Å². The Morgan fingerprint density at radius 3 is 2.45 bits per heavy atom. The van der Waals surface area contributed by atoms with Crippen molar-refractivity contribution in [3.8, 4) is 11.3 Å². The number of halogens is 2. The van der Waals surface area contributed by atoms with Crippen molar-refractivity contribution in [2.75, 3.05) is 55.2 Å². The highest BCUT2D eigenvalue weighted by atomic mass is 35.5. The fraction of sp³-hybridized carbons (Fsp3) is 0.457. The Balaban J connectivity index is 1.01. The minimum atomic E-state index is -0.606. The number of nitrogen functional groups attached to an aromatic ring is 1. The second-order valence-electron chi connectivity index (χ2n) is 14.4. The van der Waals surface area contributed by atoms with Gasteiger partial charge in [0.25, 0.3) is 5.91 Å². The third-order valence-electron chi connectivity index (χ3n) is 9.83. The van der Waals surface area contributed by atoms with E-state index in [1.54, 1.807) is 30.6 Å². The molecule has 3 aliphatic rings. The van der Waals surface area contributed by atoms with Gasteiger partial charge in [-0.1, -0.05) is 11.6 Å². The molecule has 14 heteroatoms. The number of aromatic nitrogens is 4. The Bertz CT molecular complexity index is 1890. The van der Waals surface area contributed by atoms with E-state index in [0.29, 0.717) is 28.2 Å². The largest absolute Gasteiger partial charge is 0.444 e. The zero-order valence-electron chi connectivity index (χ0n) is 28.0. The quantitative estimate of drug-likeness (QED) is 0.270. The van der Waals surface area contributed by atoms with Gasteiger partial charge in [0.2, 0.25) is 5.95 Å². The molecule has 49 heavy (non-hydrogen) atoms. The van der Waals surface area contributed by atoms with Gasteiger partial charge in [0.15, 0.2) is 0 Å². The van der Waals surface area contributed by atoms with Crippen LogP contribution in [0, 0.1) is 11.2 Å². The highest BCUT2D eigenvalue weighted by Gasteiger charge is 2.48. The first-order valence-corrected chi connectivity index (χ1v) is 17.1. The number of fused-ring (bicyclic) bond motifs is 1. The Kier molecular flexibility index (Phi) is 8.60. The number of nitrogens with one attached hydrogen (secondary N) is 1. The van der Waals surface area contributed by atoms with E-state index in [-0.39, 0.29) is 34.3 Å². The van der Waals surface area contributed by atoms with Gasteiger partial charge in [0.05, 0.1) is 0 Å². The molecule has 0 aliphatic carbocycles. The highest BCUT2D eigenvalue weighted by molar-refractivity contribution is 6.30. The molecule has 0 radical (unpaired) electrons. The first kappa shape index (κ1) is 33.0. The number of hydrogen-bond acceptors (Lipinski definition) is 9. The second-order valence-corrected chi connectivity index (χ2v) is 14.8. The van der Waals surface area contributed by atoms with Gasteiger partial charge in [0.1, 0.15) is 34.3 Å². The third-order valence-corrected chi connectivity index (χ3v) is 10.1. The van der Waals surface area contributed by atoms with Gasteiger partial charge in [-0.05, 0) is 82.2 Å². The van der Waals surface area contributed by atoms with Crippen LogP contribution in [0.2, 0.25) is 5.02 Å². The normalized spacial score (nSPS) is 18.5. The smallest absolute Gasteiger partial charge is 0.410 e. The van der Waals surface area contributed by atoms with Gasteiger partial charge in [-0.25, -0.2) is 24.1 Å². The Morgan fingerprint density at radius 1 is 1.04 bits per heavy atom. The third kappa shape index (κ3) is 6.73. The lowest BCUT2D eigenvalue weighted by Crippen LogP contribution is -2.64. The van der Waals surface area contributed by atoms with Crippen LogP contribution in [0.4, 0.5) is 26.8 Å². The number of likely N-dealkylation sites (tertiary alicyclic amines) is 2. The molecule has 2 amide bonds. The van der Waals surface area contributed by atoms with E-state index in [0.717, 1.165) is 65.0 Å². The molecule has 12 nitrogen and oxygen atoms in total. The van der Waals surface area contributed by atoms with Crippen LogP contribution in [-0.4, -0.2) is 92.1 Å². The van der Waals surface area contributed by atoms with Gasteiger partial charge in [0, 0.05) is 80.1 Å². The summed E-state index contributed by atoms with van der Waals surface area (Å²) < 4.78 is 23.2. The summed E-state index contributed by atoms with van der Waals surface area (Å²) in [5.41, 5.74) is 7.36. The van der Waals surface area contributed by atoms with Crippen LogP contribution in [-0.2, 0) is 4.74 Å². The van der Waals surface area contributed by atoms with Crippen molar-refractivity contribution in [1.82, 2.24) is 29.2 Å². The van der Waals surface area contributed by atoms with Crippen molar-refractivity contribution < 1.29 is 18.7 Å². The number of anilines is 3. The van der Waals surface area contributed by atoms with Crippen LogP contribution in [0.15, 0.2) is 48.9 Å². The van der Waals surface area contributed by atoms with E-state index >= 15 is 4.39 Å². The zero-order valence-corrected chi connectivity index (χ0v) is 28.7. The van der Waals surface area contributed by atoms with Crippen molar-refractivity contribution >= 4 is 46.7 Å². The number of carbonyl (C=O) groups is 2. The van der Waals surface area contributed by atoms with Crippen molar-refractivity contribution in [1.29, 1.82) is 0 Å². The zero-order chi connectivity index (χ0) is 34.5. The van der Waals surface area contributed by atoms with Crippen LogP contribution < -0.4 is 16.0 Å². The Morgan fingerprint density at radius 2 is 1.78 bits per heavy atom. The van der Waals surface area contributed by atoms with Crippen molar-refractivity contribution in [2.24, 2.45) is 5.41 Å². The lowest BCUT2D eigenvalue weighted by Gasteiger charge is -2.57. The van der Waals surface area contributed by atoms with Crippen LogP contribution >= 0.6 is 11.6 Å². The standard InChI is InChI=1S/C35H41ClFN9O3/c1-34(2,3)49-33(48)44-13-7-24(8-14-44)45-20-35(21-45)9-15-43(16-10-35)32-42-28(29-30(38)40-12-17-46(29)32)25-5-4-22(18-26(25)37)31(47)41-27-19-23(36)6-11-39-27/h4-6,11-12,17-19,24H,7-10,13-16,20-21H2,1-3H3,(H2,38,40)(H,39,41,47). The van der Waals surface area contributed by atoms with E-state index < -0.39 is 17.3 Å². The number of piperidine rings is 2. The summed E-state index contributed by atoms with van der Waals surface area (Å²) in [4.78, 5) is 45.3. The molecule has 0 saturated carbocycles. The lowest BCUT2D eigenvalue weighted by atomic mass is 9.71. The predicted octanol–water partition coefficient (Wildman–Crippen LogP) is 5.72. The van der Waals surface area contributed by atoms with Gasteiger partial charge in [-0.15, -0.1) is 0 Å². The molecule has 1 aromatic carbocycles. The average Bonchev–Trinajstić information content (AvgIpc) is 3.43. The monoisotopic (exact) mass is 689 g/mol. The number of pyridine rings is 1. The van der Waals surface area contributed by atoms with Crippen LogP contribution in [0.1, 0.15) is 56.8 Å². The fourth-order valence-electron chi connectivity index (χ4n) is 7.28. The summed E-state index contributed by atoms with van der Waals surface area (Å²) in [5, 5.41) is 3.07. The highest BCUT2D eigenvalue weighted by Crippen LogP contribution is 2.44. The molecule has 4 aromatic rings. The lowest BCUT2D eigenvalue weighted by molar-refractivity contribution is -0.0625. The minimum absolute atomic E-state index is 0.127. The molecule has 0 atom stereocenters. The Hall–Kier alpha value is -4.49. The summed E-state index contributed by atoms with van der Waals surface area (Å²) >= 11 is 6.00. The topological polar surface area (TPSA) is 134 Å². The molecular weight excluding hydrogens is 649 g/mol. The number of amides is 2. The number of rotatable bonds is 5. The molecule has 258 valence electrons. The molecule has 3 fully saturated rings. The van der Waals surface area contributed by atoms with Gasteiger partial charge in [-0.2, -0.15) is 0 Å². The number of imidazole rings is 1. The molecule has 6 heterocycles. The summed E-state index contributed by atoms with van der Waals surface area (Å²) in [5.74, 6) is 0.0766. The molecule has 1 spiro atoms. The molecule has 3 aliphatic heterocycles. The minimum Gasteiger partial charge on any atom is -0.444 e. The van der Waals surface area contributed by atoms with Gasteiger partial charge < -0.3 is 25.6 Å². The van der Waals surface area contributed by atoms with E-state index in [1.165, 1.54) is 18.3 Å². The van der Waals surface area contributed by atoms with Gasteiger partial charge >= 0.3 is 6.09 Å². The van der Waals surface area contributed by atoms with Gasteiger partial charge in [-0.3, -0.25) is 14.1 Å². The van der Waals surface area contributed by atoms with Crippen LogP contribution in [0.5, 0.6) is 0 Å². The molecule has 3 saturated heterocycles. The molecule has 0 unspecified atom stereocenters. The van der Waals surface area contributed by atoms with Crippen molar-refractivity contribution in [3.05, 3.63) is 65.3 Å². The predicted molar refractivity (Wildman–Crippen MR) is 186 cm³/mol. The van der Waals surface area contributed by atoms with E-state index in [9.17, 15) is 9.59 Å². The molecule has 3 N–H and O–H groups in total. The number of carbonyl (C=O) groups excluding carboxylic acids is 2. The summed E-state index contributed by atoms with van der Waals surface area (Å²) in [7, 11) is 0. The summed E-state index contributed by atoms with van der Waals surface area (Å²) in [6, 6.07) is 7.87. The number of hydrogen-bond donors (Lipinski definition) is 2.